The molecule has 1 aliphatic heterocycles. The lowest BCUT2D eigenvalue weighted by atomic mass is 10.2. The Morgan fingerprint density at radius 3 is 2.48 bits per heavy atom. The second-order valence-electron chi connectivity index (χ2n) is 5.31. The summed E-state index contributed by atoms with van der Waals surface area (Å²) in [4.78, 5) is 23.3. The van der Waals surface area contributed by atoms with Crippen LogP contribution in [0, 0.1) is 0 Å². The van der Waals surface area contributed by atoms with Crippen LogP contribution in [0.4, 0.5) is 5.69 Å². The molecule has 0 radical (unpaired) electrons. The number of likely N-dealkylation sites (N-methyl/N-ethyl adjacent to an activating group) is 1. The number of carbonyl (C=O) groups excluding carboxylic acids is 2. The third-order valence-corrected chi connectivity index (χ3v) is 5.74. The average molecular weight is 339 g/mol. The Hall–Kier alpha value is -1.93. The van der Waals surface area contributed by atoms with Gasteiger partial charge in [0.25, 0.3) is 0 Å². The molecule has 0 spiro atoms. The molecule has 1 aromatic rings. The average Bonchev–Trinajstić information content (AvgIpc) is 3.05. The summed E-state index contributed by atoms with van der Waals surface area (Å²) in [5, 5.41) is 5.17. The Labute approximate surface area is 136 Å². The van der Waals surface area contributed by atoms with Gasteiger partial charge < -0.3 is 10.6 Å². The number of hydrogen-bond acceptors (Lipinski definition) is 4. The molecule has 0 aliphatic carbocycles. The maximum absolute atomic E-state index is 12.7. The molecular formula is C15H21N3O4S. The minimum absolute atomic E-state index is 0.114. The second-order valence-corrected chi connectivity index (χ2v) is 7.20. The summed E-state index contributed by atoms with van der Waals surface area (Å²) in [6.07, 6.45) is 1.52. The lowest BCUT2D eigenvalue weighted by molar-refractivity contribution is -0.123. The predicted molar refractivity (Wildman–Crippen MR) is 86.3 cm³/mol. The molecule has 2 rings (SSSR count). The molecule has 1 unspecified atom stereocenters. The number of rotatable bonds is 5. The van der Waals surface area contributed by atoms with E-state index in [1.54, 1.807) is 19.1 Å². The largest absolute Gasteiger partial charge is 0.358 e. The van der Waals surface area contributed by atoms with Gasteiger partial charge in [-0.15, -0.1) is 0 Å². The maximum atomic E-state index is 12.7. The van der Waals surface area contributed by atoms with E-state index in [2.05, 4.69) is 10.6 Å². The molecule has 1 atom stereocenters. The fraction of sp³-hybridized carbons (Fsp3) is 0.467. The fourth-order valence-corrected chi connectivity index (χ4v) is 4.21. The highest BCUT2D eigenvalue weighted by Crippen LogP contribution is 2.27. The van der Waals surface area contributed by atoms with E-state index in [4.69, 9.17) is 0 Å². The monoisotopic (exact) mass is 339 g/mol. The molecule has 1 heterocycles. The van der Waals surface area contributed by atoms with Crippen molar-refractivity contribution in [2.24, 2.45) is 0 Å². The highest BCUT2D eigenvalue weighted by atomic mass is 32.2. The van der Waals surface area contributed by atoms with Gasteiger partial charge in [-0.1, -0.05) is 6.92 Å². The molecule has 2 N–H and O–H groups in total. The van der Waals surface area contributed by atoms with Gasteiger partial charge in [0.15, 0.2) is 0 Å². The molecule has 2 amide bonds. The van der Waals surface area contributed by atoms with Gasteiger partial charge in [-0.3, -0.25) is 9.59 Å². The summed E-state index contributed by atoms with van der Waals surface area (Å²) >= 11 is 0. The first kappa shape index (κ1) is 17.4. The van der Waals surface area contributed by atoms with Gasteiger partial charge in [0.05, 0.1) is 4.90 Å². The second kappa shape index (κ2) is 7.10. The first-order chi connectivity index (χ1) is 10.9. The van der Waals surface area contributed by atoms with Crippen LogP contribution < -0.4 is 10.6 Å². The smallest absolute Gasteiger partial charge is 0.243 e. The van der Waals surface area contributed by atoms with Crippen LogP contribution in [0.2, 0.25) is 0 Å². The lowest BCUT2D eigenvalue weighted by Crippen LogP contribution is -2.44. The van der Waals surface area contributed by atoms with Crippen molar-refractivity contribution in [1.82, 2.24) is 9.62 Å². The highest BCUT2D eigenvalue weighted by Gasteiger charge is 2.38. The van der Waals surface area contributed by atoms with Crippen LogP contribution in [0.25, 0.3) is 0 Å². The van der Waals surface area contributed by atoms with E-state index in [1.807, 2.05) is 0 Å². The number of nitrogens with zero attached hydrogens (tertiary/aromatic N) is 1. The van der Waals surface area contributed by atoms with Crippen LogP contribution in [-0.2, 0) is 19.6 Å². The van der Waals surface area contributed by atoms with Gasteiger partial charge >= 0.3 is 0 Å². The van der Waals surface area contributed by atoms with Crippen molar-refractivity contribution in [3.8, 4) is 0 Å². The number of benzene rings is 1. The van der Waals surface area contributed by atoms with Crippen molar-refractivity contribution in [3.63, 3.8) is 0 Å². The van der Waals surface area contributed by atoms with Gasteiger partial charge in [0.2, 0.25) is 21.8 Å². The molecule has 0 aromatic heterocycles. The number of hydrogen-bond donors (Lipinski definition) is 2. The Kier molecular flexibility index (Phi) is 5.38. The van der Waals surface area contributed by atoms with Gasteiger partial charge in [-0.25, -0.2) is 8.42 Å². The first-order valence-electron chi connectivity index (χ1n) is 7.53. The molecule has 7 nitrogen and oxygen atoms in total. The maximum Gasteiger partial charge on any atom is 0.243 e. The fourth-order valence-electron chi connectivity index (χ4n) is 2.55. The van der Waals surface area contributed by atoms with Gasteiger partial charge in [-0.05, 0) is 37.1 Å². The molecular weight excluding hydrogens is 318 g/mol. The number of anilines is 1. The molecule has 1 aromatic carbocycles. The summed E-state index contributed by atoms with van der Waals surface area (Å²) in [5.74, 6) is -0.433. The van der Waals surface area contributed by atoms with Crippen LogP contribution in [0.5, 0.6) is 0 Å². The first-order valence-corrected chi connectivity index (χ1v) is 8.97. The summed E-state index contributed by atoms with van der Waals surface area (Å²) in [6, 6.07) is 5.32. The van der Waals surface area contributed by atoms with E-state index in [1.165, 1.54) is 23.5 Å². The molecule has 0 saturated carbocycles. The Morgan fingerprint density at radius 2 is 1.91 bits per heavy atom. The number of amides is 2. The molecule has 126 valence electrons. The molecule has 1 fully saturated rings. The molecule has 0 bridgehead atoms. The molecule has 8 heteroatoms. The van der Waals surface area contributed by atoms with E-state index >= 15 is 0 Å². The van der Waals surface area contributed by atoms with E-state index in [9.17, 15) is 18.0 Å². The van der Waals surface area contributed by atoms with Crippen molar-refractivity contribution in [1.29, 1.82) is 0 Å². The quantitative estimate of drug-likeness (QED) is 0.834. The van der Waals surface area contributed by atoms with Crippen molar-refractivity contribution in [3.05, 3.63) is 24.3 Å². The zero-order chi connectivity index (χ0) is 17.0. The summed E-state index contributed by atoms with van der Waals surface area (Å²) < 4.78 is 26.7. The SMILES string of the molecule is CCC(=O)Nc1ccc(S(=O)(=O)N2CCCC2C(=O)NC)cc1. The van der Waals surface area contributed by atoms with Crippen LogP contribution in [-0.4, -0.2) is 44.2 Å². The Morgan fingerprint density at radius 1 is 1.26 bits per heavy atom. The number of carbonyl (C=O) groups is 2. The molecule has 23 heavy (non-hydrogen) atoms. The van der Waals surface area contributed by atoms with Crippen LogP contribution in [0.3, 0.4) is 0 Å². The van der Waals surface area contributed by atoms with Gasteiger partial charge in [-0.2, -0.15) is 4.31 Å². The predicted octanol–water partition coefficient (Wildman–Crippen LogP) is 0.934. The highest BCUT2D eigenvalue weighted by molar-refractivity contribution is 7.89. The van der Waals surface area contributed by atoms with E-state index < -0.39 is 16.1 Å². The summed E-state index contributed by atoms with van der Waals surface area (Å²) in [5.41, 5.74) is 0.542. The van der Waals surface area contributed by atoms with Crippen molar-refractivity contribution in [2.45, 2.75) is 37.1 Å². The minimum Gasteiger partial charge on any atom is -0.358 e. The molecule has 1 aliphatic rings. The van der Waals surface area contributed by atoms with Gasteiger partial charge in [0, 0.05) is 25.7 Å². The van der Waals surface area contributed by atoms with Crippen LogP contribution in [0.1, 0.15) is 26.2 Å². The Balaban J connectivity index is 2.22. The van der Waals surface area contributed by atoms with Crippen molar-refractivity contribution < 1.29 is 18.0 Å². The third-order valence-electron chi connectivity index (χ3n) is 3.82. The zero-order valence-corrected chi connectivity index (χ0v) is 14.0. The normalized spacial score (nSPS) is 18.6. The summed E-state index contributed by atoms with van der Waals surface area (Å²) in [7, 11) is -2.24. The van der Waals surface area contributed by atoms with E-state index in [0.29, 0.717) is 31.5 Å². The topological polar surface area (TPSA) is 95.6 Å². The number of sulfonamides is 1. The summed E-state index contributed by atoms with van der Waals surface area (Å²) in [6.45, 7) is 2.06. The van der Waals surface area contributed by atoms with Crippen LogP contribution >= 0.6 is 0 Å². The van der Waals surface area contributed by atoms with E-state index in [-0.39, 0.29) is 16.7 Å². The lowest BCUT2D eigenvalue weighted by Gasteiger charge is -2.22. The van der Waals surface area contributed by atoms with Gasteiger partial charge in [0.1, 0.15) is 6.04 Å². The third kappa shape index (κ3) is 3.70. The van der Waals surface area contributed by atoms with E-state index in [0.717, 1.165) is 0 Å². The zero-order valence-electron chi connectivity index (χ0n) is 13.2. The minimum atomic E-state index is -3.73. The van der Waals surface area contributed by atoms with Crippen molar-refractivity contribution >= 4 is 27.5 Å². The Bertz CT molecular complexity index is 685. The number of nitrogens with one attached hydrogen (secondary N) is 2. The van der Waals surface area contributed by atoms with Crippen LogP contribution in [0.15, 0.2) is 29.2 Å². The van der Waals surface area contributed by atoms with Crippen molar-refractivity contribution in [2.75, 3.05) is 18.9 Å². The molecule has 1 saturated heterocycles. The standard InChI is InChI=1S/C15H21N3O4S/c1-3-14(19)17-11-6-8-12(9-7-11)23(21,22)18-10-4-5-13(18)15(20)16-2/h6-9,13H,3-5,10H2,1-2H3,(H,16,20)(H,17,19).